The third kappa shape index (κ3) is 4.90. The second kappa shape index (κ2) is 9.67. The highest BCUT2D eigenvalue weighted by molar-refractivity contribution is 5.94. The minimum Gasteiger partial charge on any atom is -0.493 e. The van der Waals surface area contributed by atoms with E-state index in [1.54, 1.807) is 12.3 Å². The Hall–Kier alpha value is -4.23. The van der Waals surface area contributed by atoms with Gasteiger partial charge in [0.15, 0.2) is 0 Å². The zero-order chi connectivity index (χ0) is 26.2. The maximum atomic E-state index is 13.3. The number of urea groups is 1. The van der Waals surface area contributed by atoms with Crippen LogP contribution in [-0.2, 0) is 5.41 Å². The highest BCUT2D eigenvalue weighted by atomic mass is 16.3. The van der Waals surface area contributed by atoms with Gasteiger partial charge in [0, 0.05) is 23.4 Å². The molecule has 188 valence electrons. The smallest absolute Gasteiger partial charge is 0.319 e. The second-order valence-electron chi connectivity index (χ2n) is 10.1. The lowest BCUT2D eigenvalue weighted by atomic mass is 9.70. The molecule has 2 aromatic heterocycles. The van der Waals surface area contributed by atoms with Gasteiger partial charge in [-0.3, -0.25) is 0 Å². The van der Waals surface area contributed by atoms with Crippen LogP contribution in [0.25, 0.3) is 22.5 Å². The molecule has 4 N–H and O–H groups in total. The van der Waals surface area contributed by atoms with Crippen molar-refractivity contribution in [3.8, 4) is 28.4 Å². The van der Waals surface area contributed by atoms with Crippen molar-refractivity contribution in [1.82, 2.24) is 15.3 Å². The van der Waals surface area contributed by atoms with E-state index in [1.165, 1.54) is 6.07 Å². The molecule has 0 saturated heterocycles. The summed E-state index contributed by atoms with van der Waals surface area (Å²) in [6.45, 7) is 6.13. The fraction of sp³-hybridized carbons (Fsp3) is 0.233. The quantitative estimate of drug-likeness (QED) is 0.290. The molecule has 7 nitrogen and oxygen atoms in total. The number of aromatic nitrogens is 2. The van der Waals surface area contributed by atoms with Gasteiger partial charge in [-0.1, -0.05) is 68.4 Å². The van der Waals surface area contributed by atoms with Crippen LogP contribution >= 0.6 is 0 Å². The normalized spacial score (nSPS) is 18.1. The third-order valence-electron chi connectivity index (χ3n) is 6.95. The van der Waals surface area contributed by atoms with Crippen molar-refractivity contribution in [3.05, 3.63) is 95.7 Å². The summed E-state index contributed by atoms with van der Waals surface area (Å²) in [6.07, 6.45) is 1.40. The maximum Gasteiger partial charge on any atom is 0.319 e. The molecule has 0 aliphatic heterocycles. The predicted molar refractivity (Wildman–Crippen MR) is 144 cm³/mol. The zero-order valence-corrected chi connectivity index (χ0v) is 21.1. The Labute approximate surface area is 216 Å². The average molecular weight is 495 g/mol. The first-order valence-electron chi connectivity index (χ1n) is 12.3. The van der Waals surface area contributed by atoms with Gasteiger partial charge in [0.05, 0.1) is 29.2 Å². The van der Waals surface area contributed by atoms with Crippen molar-refractivity contribution in [3.63, 3.8) is 0 Å². The summed E-state index contributed by atoms with van der Waals surface area (Å²) >= 11 is 0. The predicted octanol–water partition coefficient (Wildman–Crippen LogP) is 5.73. The third-order valence-corrected chi connectivity index (χ3v) is 6.95. The van der Waals surface area contributed by atoms with Crippen LogP contribution < -0.4 is 10.6 Å². The fourth-order valence-corrected chi connectivity index (χ4v) is 5.16. The van der Waals surface area contributed by atoms with Gasteiger partial charge in [0.2, 0.25) is 5.88 Å². The number of rotatable bonds is 4. The van der Waals surface area contributed by atoms with Gasteiger partial charge in [0.1, 0.15) is 0 Å². The van der Waals surface area contributed by atoms with Gasteiger partial charge in [-0.2, -0.15) is 0 Å². The molecule has 37 heavy (non-hydrogen) atoms. The standard InChI is InChI=1S/C30H30N4O3/c1-18-15-23(27(19-9-5-4-6-10-19)33-26(18)20-13-14-25(36)31-17-20)32-29(37)34-28-21-11-7-8-12-22(21)30(2,3)16-24(28)35/h4-15,17,24,28,35H,16H2,1-3H3,(H,31,36)(H2,32,34,37)/t24-,28?/m1/s1. The SMILES string of the molecule is Cc1cc(NC(=O)NC2c3ccccc3C(C)(C)C[C@H]2O)c(-c2ccccc2)nc1-c1ccc(O)nc1. The lowest BCUT2D eigenvalue weighted by Crippen LogP contribution is -2.45. The van der Waals surface area contributed by atoms with Gasteiger partial charge in [-0.15, -0.1) is 0 Å². The largest absolute Gasteiger partial charge is 0.493 e. The summed E-state index contributed by atoms with van der Waals surface area (Å²) in [7, 11) is 0. The van der Waals surface area contributed by atoms with Crippen molar-refractivity contribution in [2.75, 3.05) is 5.32 Å². The first-order valence-corrected chi connectivity index (χ1v) is 12.3. The van der Waals surface area contributed by atoms with Crippen LogP contribution in [0.1, 0.15) is 43.0 Å². The van der Waals surface area contributed by atoms with E-state index in [0.29, 0.717) is 23.5 Å². The van der Waals surface area contributed by atoms with E-state index in [9.17, 15) is 15.0 Å². The number of hydrogen-bond donors (Lipinski definition) is 4. The van der Waals surface area contributed by atoms with Crippen LogP contribution in [0.15, 0.2) is 79.0 Å². The van der Waals surface area contributed by atoms with Crippen molar-refractivity contribution < 1.29 is 15.0 Å². The van der Waals surface area contributed by atoms with Crippen molar-refractivity contribution in [2.24, 2.45) is 0 Å². The number of hydrogen-bond acceptors (Lipinski definition) is 5. The highest BCUT2D eigenvalue weighted by Crippen LogP contribution is 2.41. The number of pyridine rings is 2. The molecule has 0 radical (unpaired) electrons. The van der Waals surface area contributed by atoms with Crippen LogP contribution in [0.2, 0.25) is 0 Å². The number of nitrogens with one attached hydrogen (secondary N) is 2. The monoisotopic (exact) mass is 494 g/mol. The first-order chi connectivity index (χ1) is 17.7. The first kappa shape index (κ1) is 24.5. The van der Waals surface area contributed by atoms with E-state index in [-0.39, 0.29) is 11.3 Å². The molecular weight excluding hydrogens is 464 g/mol. The summed E-state index contributed by atoms with van der Waals surface area (Å²) < 4.78 is 0. The molecule has 5 rings (SSSR count). The topological polar surface area (TPSA) is 107 Å². The van der Waals surface area contributed by atoms with E-state index in [4.69, 9.17) is 4.98 Å². The van der Waals surface area contributed by atoms with Crippen LogP contribution in [0, 0.1) is 6.92 Å². The Kier molecular flexibility index (Phi) is 6.39. The van der Waals surface area contributed by atoms with Crippen molar-refractivity contribution in [2.45, 2.75) is 44.8 Å². The van der Waals surface area contributed by atoms with Crippen LogP contribution in [0.3, 0.4) is 0 Å². The highest BCUT2D eigenvalue weighted by Gasteiger charge is 2.39. The number of carbonyl (C=O) groups is 1. The Morgan fingerprint density at radius 1 is 0.973 bits per heavy atom. The number of aromatic hydroxyl groups is 1. The molecule has 2 heterocycles. The van der Waals surface area contributed by atoms with Crippen LogP contribution in [-0.4, -0.2) is 32.3 Å². The Balaban J connectivity index is 1.48. The minimum atomic E-state index is -0.714. The van der Waals surface area contributed by atoms with Crippen molar-refractivity contribution >= 4 is 11.7 Å². The molecule has 2 amide bonds. The Bertz CT molecular complexity index is 1440. The van der Waals surface area contributed by atoms with Gasteiger partial charge in [0.25, 0.3) is 0 Å². The molecule has 0 bridgehead atoms. The number of benzene rings is 2. The minimum absolute atomic E-state index is 0.0606. The molecule has 4 aromatic rings. The molecule has 0 fully saturated rings. The number of fused-ring (bicyclic) bond motifs is 1. The molecule has 1 unspecified atom stereocenters. The zero-order valence-electron chi connectivity index (χ0n) is 21.1. The molecule has 7 heteroatoms. The maximum absolute atomic E-state index is 13.3. The van der Waals surface area contributed by atoms with E-state index in [1.807, 2.05) is 61.5 Å². The molecule has 0 spiro atoms. The molecule has 1 aliphatic carbocycles. The lowest BCUT2D eigenvalue weighted by molar-refractivity contribution is 0.0883. The number of aryl methyl sites for hydroxylation is 1. The van der Waals surface area contributed by atoms with Crippen molar-refractivity contribution in [1.29, 1.82) is 0 Å². The number of aliphatic hydroxyl groups is 1. The Morgan fingerprint density at radius 2 is 1.70 bits per heavy atom. The summed E-state index contributed by atoms with van der Waals surface area (Å²) in [6, 6.07) is 21.8. The van der Waals surface area contributed by atoms with E-state index in [0.717, 1.165) is 27.8 Å². The van der Waals surface area contributed by atoms with Gasteiger partial charge < -0.3 is 20.8 Å². The van der Waals surface area contributed by atoms with Crippen LogP contribution in [0.5, 0.6) is 5.88 Å². The average Bonchev–Trinajstić information content (AvgIpc) is 2.88. The molecule has 2 atom stereocenters. The summed E-state index contributed by atoms with van der Waals surface area (Å²) in [5.74, 6) is -0.0606. The number of aliphatic hydroxyl groups excluding tert-OH is 1. The van der Waals surface area contributed by atoms with Gasteiger partial charge in [-0.05, 0) is 47.6 Å². The number of anilines is 1. The van der Waals surface area contributed by atoms with E-state index >= 15 is 0 Å². The summed E-state index contributed by atoms with van der Waals surface area (Å²) in [4.78, 5) is 22.2. The molecule has 2 aromatic carbocycles. The molecule has 0 saturated carbocycles. The number of carbonyl (C=O) groups excluding carboxylic acids is 1. The number of amides is 2. The molecule has 1 aliphatic rings. The lowest BCUT2D eigenvalue weighted by Gasteiger charge is -2.40. The molecular formula is C30H30N4O3. The summed E-state index contributed by atoms with van der Waals surface area (Å²) in [5.41, 5.74) is 6.16. The van der Waals surface area contributed by atoms with Crippen LogP contribution in [0.4, 0.5) is 10.5 Å². The Morgan fingerprint density at radius 3 is 2.43 bits per heavy atom. The number of nitrogens with zero attached hydrogens (tertiary/aromatic N) is 2. The summed E-state index contributed by atoms with van der Waals surface area (Å²) in [5, 5.41) is 26.5. The second-order valence-corrected chi connectivity index (χ2v) is 10.1. The van der Waals surface area contributed by atoms with E-state index in [2.05, 4.69) is 35.5 Å². The van der Waals surface area contributed by atoms with Gasteiger partial charge in [-0.25, -0.2) is 14.8 Å². The van der Waals surface area contributed by atoms with E-state index < -0.39 is 18.2 Å². The van der Waals surface area contributed by atoms with Gasteiger partial charge >= 0.3 is 6.03 Å². The fourth-order valence-electron chi connectivity index (χ4n) is 5.16.